The number of nitrogens with zero attached hydrogens (tertiary/aromatic N) is 3. The third kappa shape index (κ3) is 7.26. The lowest BCUT2D eigenvalue weighted by Crippen LogP contribution is -2.61. The molecule has 2 atom stereocenters. The first-order chi connectivity index (χ1) is 19.6. The molecule has 1 aliphatic heterocycles. The first-order valence-electron chi connectivity index (χ1n) is 14.2. The van der Waals surface area contributed by atoms with E-state index in [0.717, 1.165) is 23.2 Å². The van der Waals surface area contributed by atoms with Crippen molar-refractivity contribution in [2.75, 3.05) is 32.8 Å². The van der Waals surface area contributed by atoms with Crippen LogP contribution in [0.5, 0.6) is 11.5 Å². The summed E-state index contributed by atoms with van der Waals surface area (Å²) in [4.78, 5) is 31.0. The summed E-state index contributed by atoms with van der Waals surface area (Å²) in [7, 11) is 0. The van der Waals surface area contributed by atoms with E-state index in [1.54, 1.807) is 12.1 Å². The molecule has 0 aliphatic carbocycles. The Balaban J connectivity index is 1.68. The lowest BCUT2D eigenvalue weighted by atomic mass is 9.84. The van der Waals surface area contributed by atoms with Crippen molar-refractivity contribution in [3.63, 3.8) is 0 Å². The van der Waals surface area contributed by atoms with E-state index in [1.807, 2.05) is 73.3 Å². The molecule has 3 aromatic carbocycles. The van der Waals surface area contributed by atoms with Crippen LogP contribution in [0, 0.1) is 0 Å². The largest absolute Gasteiger partial charge is 0.508 e. The first kappa shape index (κ1) is 30.1. The Hall–Kier alpha value is -3.88. The highest BCUT2D eigenvalue weighted by Gasteiger charge is 2.42. The van der Waals surface area contributed by atoms with Gasteiger partial charge in [-0.05, 0) is 80.8 Å². The van der Waals surface area contributed by atoms with Crippen LogP contribution in [0.15, 0.2) is 72.8 Å². The standard InChI is InChI=1S/C33H41N3O5/c1-5-34(6-2)32(40)27-12-9-13-28(18-27)33(4)23-35(20-25-10-7-14-29(37)16-25)24(3)19-36(33)21-26-11-8-15-30(17-26)41-22-31(38)39/h7-18,24,37H,5-6,19-23H2,1-4H3,(H,38,39)/t24-,33-/m1/s1. The van der Waals surface area contributed by atoms with E-state index in [2.05, 4.69) is 29.7 Å². The number of carboxylic acid groups (broad SMARTS) is 1. The highest BCUT2D eigenvalue weighted by Crippen LogP contribution is 2.37. The SMILES string of the molecule is CCN(CC)C(=O)c1cccc([C@@]2(C)CN(Cc3cccc(O)c3)[C@H](C)CN2Cc2cccc(OCC(=O)O)c2)c1. The molecule has 1 aliphatic rings. The number of hydrogen-bond acceptors (Lipinski definition) is 6. The number of carbonyl (C=O) groups is 2. The van der Waals surface area contributed by atoms with Crippen molar-refractivity contribution in [2.24, 2.45) is 0 Å². The molecule has 4 rings (SSSR count). The van der Waals surface area contributed by atoms with Crippen molar-refractivity contribution >= 4 is 11.9 Å². The summed E-state index contributed by atoms with van der Waals surface area (Å²) >= 11 is 0. The molecule has 0 aromatic heterocycles. The molecule has 0 unspecified atom stereocenters. The minimum atomic E-state index is -1.01. The van der Waals surface area contributed by atoms with Gasteiger partial charge in [-0.3, -0.25) is 14.6 Å². The molecular formula is C33H41N3O5. The zero-order valence-electron chi connectivity index (χ0n) is 24.4. The monoisotopic (exact) mass is 559 g/mol. The molecule has 0 bridgehead atoms. The molecular weight excluding hydrogens is 518 g/mol. The number of aliphatic carboxylic acids is 1. The van der Waals surface area contributed by atoms with Crippen LogP contribution in [0.25, 0.3) is 0 Å². The average Bonchev–Trinajstić information content (AvgIpc) is 2.95. The van der Waals surface area contributed by atoms with Gasteiger partial charge in [-0.15, -0.1) is 0 Å². The summed E-state index contributed by atoms with van der Waals surface area (Å²) in [6, 6.07) is 23.2. The zero-order valence-corrected chi connectivity index (χ0v) is 24.4. The van der Waals surface area contributed by atoms with Crippen LogP contribution in [0.4, 0.5) is 0 Å². The third-order valence-corrected chi connectivity index (χ3v) is 8.03. The van der Waals surface area contributed by atoms with E-state index < -0.39 is 11.5 Å². The van der Waals surface area contributed by atoms with Gasteiger partial charge >= 0.3 is 5.97 Å². The van der Waals surface area contributed by atoms with Gasteiger partial charge in [-0.2, -0.15) is 0 Å². The van der Waals surface area contributed by atoms with E-state index in [4.69, 9.17) is 9.84 Å². The van der Waals surface area contributed by atoms with Crippen LogP contribution in [-0.2, 0) is 23.4 Å². The summed E-state index contributed by atoms with van der Waals surface area (Å²) < 4.78 is 5.44. The van der Waals surface area contributed by atoms with Crippen LogP contribution < -0.4 is 4.74 Å². The number of amides is 1. The second-order valence-corrected chi connectivity index (χ2v) is 11.0. The van der Waals surface area contributed by atoms with Crippen molar-refractivity contribution in [3.8, 4) is 11.5 Å². The fourth-order valence-corrected chi connectivity index (χ4v) is 5.68. The number of hydrogen-bond donors (Lipinski definition) is 2. The van der Waals surface area contributed by atoms with Crippen molar-refractivity contribution in [2.45, 2.75) is 52.4 Å². The van der Waals surface area contributed by atoms with Crippen molar-refractivity contribution < 1.29 is 24.5 Å². The maximum Gasteiger partial charge on any atom is 0.341 e. The fourth-order valence-electron chi connectivity index (χ4n) is 5.68. The van der Waals surface area contributed by atoms with Crippen LogP contribution in [0.3, 0.4) is 0 Å². The molecule has 0 radical (unpaired) electrons. The van der Waals surface area contributed by atoms with Crippen LogP contribution in [-0.4, -0.2) is 75.6 Å². The number of rotatable bonds is 11. The summed E-state index contributed by atoms with van der Waals surface area (Å²) in [5.74, 6) is -0.215. The minimum Gasteiger partial charge on any atom is -0.508 e. The van der Waals surface area contributed by atoms with Gasteiger partial charge < -0.3 is 19.8 Å². The van der Waals surface area contributed by atoms with Gasteiger partial charge in [-0.1, -0.05) is 36.4 Å². The minimum absolute atomic E-state index is 0.0241. The summed E-state index contributed by atoms with van der Waals surface area (Å²) in [6.07, 6.45) is 0. The normalized spacial score (nSPS) is 19.6. The molecule has 1 amide bonds. The van der Waals surface area contributed by atoms with Gasteiger partial charge in [0.05, 0.1) is 5.54 Å². The molecule has 2 N–H and O–H groups in total. The van der Waals surface area contributed by atoms with E-state index in [1.165, 1.54) is 0 Å². The van der Waals surface area contributed by atoms with Crippen molar-refractivity contribution in [1.82, 2.24) is 14.7 Å². The van der Waals surface area contributed by atoms with Crippen molar-refractivity contribution in [3.05, 3.63) is 95.1 Å². The summed E-state index contributed by atoms with van der Waals surface area (Å²) in [5, 5.41) is 19.1. The molecule has 8 heteroatoms. The zero-order chi connectivity index (χ0) is 29.6. The first-order valence-corrected chi connectivity index (χ1v) is 14.2. The van der Waals surface area contributed by atoms with Gasteiger partial charge in [0, 0.05) is 50.9 Å². The Morgan fingerprint density at radius 2 is 1.66 bits per heavy atom. The van der Waals surface area contributed by atoms with Crippen LogP contribution >= 0.6 is 0 Å². The maximum atomic E-state index is 13.3. The molecule has 1 fully saturated rings. The lowest BCUT2D eigenvalue weighted by molar-refractivity contribution is -0.139. The van der Waals surface area contributed by atoms with E-state index in [9.17, 15) is 14.7 Å². The number of benzene rings is 3. The Morgan fingerprint density at radius 1 is 0.976 bits per heavy atom. The van der Waals surface area contributed by atoms with Gasteiger partial charge in [0.1, 0.15) is 11.5 Å². The summed E-state index contributed by atoms with van der Waals surface area (Å²) in [6.45, 7) is 12.1. The number of piperazine rings is 1. The summed E-state index contributed by atoms with van der Waals surface area (Å²) in [5.41, 5.74) is 3.35. The molecule has 41 heavy (non-hydrogen) atoms. The molecule has 0 spiro atoms. The highest BCUT2D eigenvalue weighted by molar-refractivity contribution is 5.94. The van der Waals surface area contributed by atoms with E-state index in [0.29, 0.717) is 44.0 Å². The molecule has 8 nitrogen and oxygen atoms in total. The molecule has 0 saturated carbocycles. The second-order valence-electron chi connectivity index (χ2n) is 11.0. The Labute approximate surface area is 242 Å². The average molecular weight is 560 g/mol. The van der Waals surface area contributed by atoms with Gasteiger partial charge in [0.15, 0.2) is 6.61 Å². The predicted molar refractivity (Wildman–Crippen MR) is 159 cm³/mol. The number of ether oxygens (including phenoxy) is 1. The lowest BCUT2D eigenvalue weighted by Gasteiger charge is -2.52. The Bertz CT molecular complexity index is 1360. The molecule has 218 valence electrons. The van der Waals surface area contributed by atoms with Crippen LogP contribution in [0.2, 0.25) is 0 Å². The Morgan fingerprint density at radius 3 is 2.34 bits per heavy atom. The third-order valence-electron chi connectivity index (χ3n) is 8.03. The Kier molecular flexibility index (Phi) is 9.68. The topological polar surface area (TPSA) is 93.5 Å². The number of phenolic OH excluding ortho intramolecular Hbond substituents is 1. The van der Waals surface area contributed by atoms with E-state index in [-0.39, 0.29) is 24.3 Å². The smallest absolute Gasteiger partial charge is 0.341 e. The maximum absolute atomic E-state index is 13.3. The highest BCUT2D eigenvalue weighted by atomic mass is 16.5. The second kappa shape index (κ2) is 13.2. The van der Waals surface area contributed by atoms with E-state index >= 15 is 0 Å². The van der Waals surface area contributed by atoms with Crippen LogP contribution in [0.1, 0.15) is 54.7 Å². The number of carboxylic acids is 1. The molecule has 3 aromatic rings. The van der Waals surface area contributed by atoms with Crippen molar-refractivity contribution in [1.29, 1.82) is 0 Å². The number of carbonyl (C=O) groups excluding carboxylic acids is 1. The predicted octanol–water partition coefficient (Wildman–Crippen LogP) is 4.96. The van der Waals surface area contributed by atoms with Gasteiger partial charge in [0.2, 0.25) is 0 Å². The van der Waals surface area contributed by atoms with Gasteiger partial charge in [-0.25, -0.2) is 4.79 Å². The quantitative estimate of drug-likeness (QED) is 0.343. The number of aromatic hydroxyl groups is 1. The molecule has 1 heterocycles. The number of phenols is 1. The fraction of sp³-hybridized carbons (Fsp3) is 0.394. The van der Waals surface area contributed by atoms with Gasteiger partial charge in [0.25, 0.3) is 5.91 Å². The molecule has 1 saturated heterocycles.